The molecule has 0 saturated carbocycles. The van der Waals surface area contributed by atoms with Gasteiger partial charge in [0.15, 0.2) is 0 Å². The van der Waals surface area contributed by atoms with Crippen LogP contribution in [0.1, 0.15) is 27.4 Å². The monoisotopic (exact) mass is 453 g/mol. The summed E-state index contributed by atoms with van der Waals surface area (Å²) in [5.74, 6) is -0.415. The van der Waals surface area contributed by atoms with Crippen molar-refractivity contribution in [2.24, 2.45) is 5.10 Å². The number of aromatic amines is 2. The fourth-order valence-electron chi connectivity index (χ4n) is 3.30. The van der Waals surface area contributed by atoms with E-state index in [0.717, 1.165) is 22.6 Å². The first-order chi connectivity index (χ1) is 14.9. The number of hydrazone groups is 1. The number of benzene rings is 2. The van der Waals surface area contributed by atoms with Crippen molar-refractivity contribution in [2.45, 2.75) is 13.8 Å². The minimum Gasteiger partial charge on any atom is -0.272 e. The third-order valence-electron chi connectivity index (χ3n) is 4.78. The maximum atomic E-state index is 12.5. The van der Waals surface area contributed by atoms with Gasteiger partial charge in [-0.1, -0.05) is 52.1 Å². The molecule has 0 bridgehead atoms. The number of nitrogens with one attached hydrogen (secondary N) is 3. The number of amides is 1. The maximum Gasteiger partial charge on any atom is 0.289 e. The second-order valence-electron chi connectivity index (χ2n) is 6.90. The summed E-state index contributed by atoms with van der Waals surface area (Å²) >= 11 is 12.0. The van der Waals surface area contributed by atoms with Gasteiger partial charge >= 0.3 is 0 Å². The average Bonchev–Trinajstić information content (AvgIpc) is 3.34. The summed E-state index contributed by atoms with van der Waals surface area (Å²) in [5, 5.41) is 15.4. The highest BCUT2D eigenvalue weighted by molar-refractivity contribution is 6.36. The van der Waals surface area contributed by atoms with E-state index in [1.165, 1.54) is 6.21 Å². The second kappa shape index (κ2) is 8.75. The van der Waals surface area contributed by atoms with Crippen LogP contribution in [-0.4, -0.2) is 27.4 Å². The van der Waals surface area contributed by atoms with Crippen LogP contribution in [-0.2, 0) is 0 Å². The molecule has 2 aromatic heterocycles. The Labute approximate surface area is 188 Å². The van der Waals surface area contributed by atoms with Crippen molar-refractivity contribution in [2.75, 3.05) is 0 Å². The molecule has 0 spiro atoms. The molecule has 0 aliphatic carbocycles. The van der Waals surface area contributed by atoms with E-state index in [1.54, 1.807) is 24.3 Å². The first kappa shape index (κ1) is 20.8. The largest absolute Gasteiger partial charge is 0.289 e. The van der Waals surface area contributed by atoms with E-state index in [-0.39, 0.29) is 0 Å². The highest BCUT2D eigenvalue weighted by Gasteiger charge is 2.24. The van der Waals surface area contributed by atoms with Crippen LogP contribution in [0.5, 0.6) is 0 Å². The van der Waals surface area contributed by atoms with E-state index in [9.17, 15) is 4.79 Å². The second-order valence-corrected chi connectivity index (χ2v) is 7.74. The predicted molar refractivity (Wildman–Crippen MR) is 121 cm³/mol. The van der Waals surface area contributed by atoms with Gasteiger partial charge in [-0.3, -0.25) is 9.89 Å². The fraction of sp³-hybridized carbons (Fsp3) is 0.0909. The molecule has 0 saturated heterocycles. The van der Waals surface area contributed by atoms with Crippen molar-refractivity contribution in [3.05, 3.63) is 87.3 Å². The summed E-state index contributed by atoms with van der Waals surface area (Å²) in [6.45, 7) is 3.97. The SMILES string of the molecule is Cc1[nH][n+](-c2ccccc2)c(C)c1-c1cc(C(=O)NN=Cc2ccc(Cl)cc2Cl)[nH]n1. The fourth-order valence-corrected chi connectivity index (χ4v) is 3.75. The summed E-state index contributed by atoms with van der Waals surface area (Å²) < 4.78 is 1.99. The Balaban J connectivity index is 1.52. The number of nitrogens with zero attached hydrogens (tertiary/aromatic N) is 3. The molecule has 0 aliphatic rings. The number of H-pyrrole nitrogens is 2. The first-order valence-electron chi connectivity index (χ1n) is 9.45. The smallest absolute Gasteiger partial charge is 0.272 e. The molecular weight excluding hydrogens is 435 g/mol. The van der Waals surface area contributed by atoms with Gasteiger partial charge in [-0.25, -0.2) is 5.43 Å². The molecule has 156 valence electrons. The van der Waals surface area contributed by atoms with Crippen LogP contribution in [0, 0.1) is 13.8 Å². The Morgan fingerprint density at radius 1 is 1.13 bits per heavy atom. The summed E-state index contributed by atoms with van der Waals surface area (Å²) in [4.78, 5) is 12.5. The maximum absolute atomic E-state index is 12.5. The Hall–Kier alpha value is -3.42. The van der Waals surface area contributed by atoms with Gasteiger partial charge in [0.05, 0.1) is 22.5 Å². The van der Waals surface area contributed by atoms with E-state index in [1.807, 2.05) is 48.9 Å². The minimum absolute atomic E-state index is 0.292. The predicted octanol–water partition coefficient (Wildman–Crippen LogP) is 4.37. The van der Waals surface area contributed by atoms with E-state index in [4.69, 9.17) is 23.2 Å². The lowest BCUT2D eigenvalue weighted by Crippen LogP contribution is -2.35. The van der Waals surface area contributed by atoms with Crippen LogP contribution in [0.25, 0.3) is 16.9 Å². The van der Waals surface area contributed by atoms with E-state index in [2.05, 4.69) is 25.8 Å². The highest BCUT2D eigenvalue weighted by Crippen LogP contribution is 2.24. The molecular formula is C22H19Cl2N6O+. The topological polar surface area (TPSA) is 89.8 Å². The zero-order valence-electron chi connectivity index (χ0n) is 16.8. The minimum atomic E-state index is -0.415. The molecule has 1 amide bonds. The number of carbonyl (C=O) groups excluding carboxylic acids is 1. The van der Waals surface area contributed by atoms with Crippen molar-refractivity contribution >= 4 is 35.3 Å². The Morgan fingerprint density at radius 3 is 2.65 bits per heavy atom. The summed E-state index contributed by atoms with van der Waals surface area (Å²) in [6, 6.07) is 16.7. The van der Waals surface area contributed by atoms with Crippen LogP contribution in [0.4, 0.5) is 0 Å². The number of rotatable bonds is 5. The van der Waals surface area contributed by atoms with Crippen LogP contribution < -0.4 is 10.1 Å². The molecule has 31 heavy (non-hydrogen) atoms. The molecule has 4 aromatic rings. The van der Waals surface area contributed by atoms with Gasteiger partial charge in [0, 0.05) is 29.6 Å². The molecule has 0 aliphatic heterocycles. The van der Waals surface area contributed by atoms with Gasteiger partial charge in [0.2, 0.25) is 11.4 Å². The van der Waals surface area contributed by atoms with Crippen molar-refractivity contribution in [3.8, 4) is 16.9 Å². The lowest BCUT2D eigenvalue weighted by Gasteiger charge is -1.99. The van der Waals surface area contributed by atoms with Gasteiger partial charge in [0.1, 0.15) is 11.4 Å². The number of aromatic nitrogens is 4. The molecule has 4 rings (SSSR count). The number of carbonyl (C=O) groups is 1. The highest BCUT2D eigenvalue weighted by atomic mass is 35.5. The van der Waals surface area contributed by atoms with Crippen molar-refractivity contribution < 1.29 is 9.48 Å². The van der Waals surface area contributed by atoms with Crippen molar-refractivity contribution in [1.82, 2.24) is 20.7 Å². The van der Waals surface area contributed by atoms with Gasteiger partial charge in [-0.15, -0.1) is 0 Å². The summed E-state index contributed by atoms with van der Waals surface area (Å²) in [6.07, 6.45) is 1.46. The lowest BCUT2D eigenvalue weighted by atomic mass is 10.1. The molecule has 9 heteroatoms. The number of aryl methyl sites for hydroxylation is 1. The third-order valence-corrected chi connectivity index (χ3v) is 5.34. The molecule has 0 atom stereocenters. The molecule has 3 N–H and O–H groups in total. The number of para-hydroxylation sites is 1. The zero-order chi connectivity index (χ0) is 22.0. The van der Waals surface area contributed by atoms with E-state index < -0.39 is 5.91 Å². The van der Waals surface area contributed by atoms with Gasteiger partial charge in [-0.2, -0.15) is 15.3 Å². The molecule has 0 fully saturated rings. The first-order valence-corrected chi connectivity index (χ1v) is 10.2. The van der Waals surface area contributed by atoms with Crippen LogP contribution in [0.3, 0.4) is 0 Å². The number of hydrogen-bond donors (Lipinski definition) is 3. The third kappa shape index (κ3) is 4.38. The lowest BCUT2D eigenvalue weighted by molar-refractivity contribution is -0.661. The Bertz CT molecular complexity index is 1280. The quantitative estimate of drug-likeness (QED) is 0.238. The number of halogens is 2. The number of hydrogen-bond acceptors (Lipinski definition) is 3. The molecule has 0 radical (unpaired) electrons. The van der Waals surface area contributed by atoms with Crippen LogP contribution in [0.15, 0.2) is 59.7 Å². The van der Waals surface area contributed by atoms with Gasteiger partial charge in [0.25, 0.3) is 5.91 Å². The summed E-state index contributed by atoms with van der Waals surface area (Å²) in [7, 11) is 0. The zero-order valence-corrected chi connectivity index (χ0v) is 18.3. The van der Waals surface area contributed by atoms with E-state index in [0.29, 0.717) is 27.0 Å². The molecule has 2 heterocycles. The average molecular weight is 454 g/mol. The van der Waals surface area contributed by atoms with Gasteiger partial charge in [-0.05, 0) is 25.1 Å². The molecule has 7 nitrogen and oxygen atoms in total. The van der Waals surface area contributed by atoms with Crippen molar-refractivity contribution in [1.29, 1.82) is 0 Å². The Kier molecular flexibility index (Phi) is 5.88. The van der Waals surface area contributed by atoms with Gasteiger partial charge < -0.3 is 0 Å². The van der Waals surface area contributed by atoms with Crippen LogP contribution >= 0.6 is 23.2 Å². The van der Waals surface area contributed by atoms with E-state index >= 15 is 0 Å². The Morgan fingerprint density at radius 2 is 1.90 bits per heavy atom. The van der Waals surface area contributed by atoms with Crippen LogP contribution in [0.2, 0.25) is 10.0 Å². The van der Waals surface area contributed by atoms with Crippen molar-refractivity contribution in [3.63, 3.8) is 0 Å². The normalized spacial score (nSPS) is 11.2. The standard InChI is InChI=1S/C22H18Cl2N6O/c1-13-21(14(2)30(29-13)17-6-4-3-5-7-17)19-11-20(27-26-19)22(31)28-25-12-15-8-9-16(23)10-18(15)24/h3-12H,1-2H3,(H2,26,27,28,31)/p+1. The summed E-state index contributed by atoms with van der Waals surface area (Å²) in [5.41, 5.74) is 7.93. The molecule has 0 unspecified atom stereocenters. The molecule has 2 aromatic carbocycles.